The van der Waals surface area contributed by atoms with Crippen LogP contribution in [0.25, 0.3) is 0 Å². The monoisotopic (exact) mass is 213 g/mol. The number of amides is 1. The minimum absolute atomic E-state index is 0.0978. The minimum atomic E-state index is -0.382. The summed E-state index contributed by atoms with van der Waals surface area (Å²) < 4.78 is 10.2. The molecule has 1 amide bonds. The molecule has 0 saturated carbocycles. The number of carbonyl (C=O) groups excluding carboxylic acids is 1. The Hall–Kier alpha value is -0.780. The molecule has 0 saturated heterocycles. The van der Waals surface area contributed by atoms with Gasteiger partial charge in [-0.05, 0) is 0 Å². The molecule has 0 radical (unpaired) electrons. The van der Waals surface area contributed by atoms with E-state index in [1.165, 1.54) is 0 Å². The second-order valence-electron chi connectivity index (χ2n) is 3.88. The van der Waals surface area contributed by atoms with Gasteiger partial charge in [-0.3, -0.25) is 0 Å². The van der Waals surface area contributed by atoms with Gasteiger partial charge in [0.05, 0.1) is 0 Å². The van der Waals surface area contributed by atoms with Crippen LogP contribution >= 0.6 is 7.92 Å². The Bertz CT molecular complexity index is 340. The van der Waals surface area contributed by atoms with Crippen LogP contribution in [0.3, 0.4) is 0 Å². The fraction of sp³-hybridized carbons (Fsp3) is 0.600. The Kier molecular flexibility index (Phi) is 4.90. The predicted octanol–water partition coefficient (Wildman–Crippen LogP) is 2.44. The molecule has 0 atom stereocenters. The van der Waals surface area contributed by atoms with Gasteiger partial charge in [0.15, 0.2) is 0 Å². The van der Waals surface area contributed by atoms with E-state index in [0.29, 0.717) is 12.0 Å². The summed E-state index contributed by atoms with van der Waals surface area (Å²) in [6, 6.07) is 0. The summed E-state index contributed by atoms with van der Waals surface area (Å²) in [5, 5.41) is 0. The molecule has 0 aromatic carbocycles. The molecule has 0 spiro atoms. The van der Waals surface area contributed by atoms with Gasteiger partial charge < -0.3 is 0 Å². The van der Waals surface area contributed by atoms with Crippen molar-refractivity contribution in [3.05, 3.63) is 12.2 Å². The van der Waals surface area contributed by atoms with Crippen molar-refractivity contribution in [3.63, 3.8) is 0 Å². The summed E-state index contributed by atoms with van der Waals surface area (Å²) in [6.45, 7) is 9.06. The van der Waals surface area contributed by atoms with E-state index < -0.39 is 0 Å². The molecular formula is C10H16NO2P. The molecule has 14 heavy (non-hydrogen) atoms. The normalized spacial score (nSPS) is 10.3. The molecule has 0 heterocycles. The zero-order valence-corrected chi connectivity index (χ0v) is 10.0. The number of likely N-dealkylation sites (N-methyl/N-ethyl adjacent to an activating group) is 1. The van der Waals surface area contributed by atoms with Crippen molar-refractivity contribution in [2.75, 3.05) is 7.05 Å². The van der Waals surface area contributed by atoms with Gasteiger partial charge in [-0.1, -0.05) is 0 Å². The first-order chi connectivity index (χ1) is 6.33. The van der Waals surface area contributed by atoms with Gasteiger partial charge in [0, 0.05) is 0 Å². The van der Waals surface area contributed by atoms with Crippen LogP contribution in [0.4, 0.5) is 0 Å². The molecule has 0 bridgehead atoms. The van der Waals surface area contributed by atoms with Gasteiger partial charge in [-0.2, -0.15) is 0 Å². The predicted molar refractivity (Wildman–Crippen MR) is 57.8 cm³/mol. The SMILES string of the molecule is C=C(C)C(=O)N(C)C(C)(C)CC#P=O. The first-order valence-electron chi connectivity index (χ1n) is 4.32. The van der Waals surface area contributed by atoms with E-state index in [4.69, 9.17) is 0 Å². The van der Waals surface area contributed by atoms with Crippen LogP contribution in [-0.2, 0) is 9.36 Å². The summed E-state index contributed by atoms with van der Waals surface area (Å²) >= 11 is 0. The molecule has 0 aliphatic rings. The van der Waals surface area contributed by atoms with Crippen molar-refractivity contribution in [1.82, 2.24) is 4.90 Å². The van der Waals surface area contributed by atoms with Crippen molar-refractivity contribution in [2.24, 2.45) is 0 Å². The Morgan fingerprint density at radius 3 is 2.43 bits per heavy atom. The second kappa shape index (κ2) is 5.19. The van der Waals surface area contributed by atoms with Gasteiger partial charge in [0.25, 0.3) is 0 Å². The Morgan fingerprint density at radius 2 is 2.07 bits per heavy atom. The standard InChI is InChI=1S/C10H16NO2P/c1-8(2)9(12)11(5)10(3,4)6-7-14-13/h1,6H2,2-5H3. The fourth-order valence-corrected chi connectivity index (χ4v) is 1.36. The maximum atomic E-state index is 11.6. The molecule has 0 aromatic heterocycles. The number of carbonyl (C=O) groups is 1. The van der Waals surface area contributed by atoms with Crippen LogP contribution in [-0.4, -0.2) is 23.4 Å². The van der Waals surface area contributed by atoms with Crippen LogP contribution < -0.4 is 0 Å². The zero-order chi connectivity index (χ0) is 11.4. The Morgan fingerprint density at radius 1 is 1.57 bits per heavy atom. The van der Waals surface area contributed by atoms with E-state index in [1.54, 1.807) is 18.9 Å². The van der Waals surface area contributed by atoms with Crippen LogP contribution in [0, 0.1) is 5.63 Å². The van der Waals surface area contributed by atoms with Gasteiger partial charge in [0.2, 0.25) is 0 Å². The van der Waals surface area contributed by atoms with Gasteiger partial charge in [-0.25, -0.2) is 0 Å². The third-order valence-electron chi connectivity index (χ3n) is 2.15. The summed E-state index contributed by atoms with van der Waals surface area (Å²) in [6.07, 6.45) is 0.466. The summed E-state index contributed by atoms with van der Waals surface area (Å²) in [4.78, 5) is 13.2. The average molecular weight is 213 g/mol. The van der Waals surface area contributed by atoms with Gasteiger partial charge >= 0.3 is 85.6 Å². The maximum absolute atomic E-state index is 11.6. The first kappa shape index (κ1) is 13.2. The van der Waals surface area contributed by atoms with Crippen molar-refractivity contribution in [1.29, 1.82) is 0 Å². The number of hydrogen-bond donors (Lipinski definition) is 0. The molecule has 0 rings (SSSR count). The molecule has 0 aliphatic carbocycles. The van der Waals surface area contributed by atoms with Crippen LogP contribution in [0.2, 0.25) is 0 Å². The molecular weight excluding hydrogens is 197 g/mol. The van der Waals surface area contributed by atoms with Crippen molar-refractivity contribution in [3.8, 4) is 5.63 Å². The molecule has 0 aromatic rings. The Labute approximate surface area is 86.3 Å². The third-order valence-corrected chi connectivity index (χ3v) is 2.44. The summed E-state index contributed by atoms with van der Waals surface area (Å²) in [5.74, 6) is -0.0978. The van der Waals surface area contributed by atoms with E-state index in [0.717, 1.165) is 0 Å². The van der Waals surface area contributed by atoms with Crippen molar-refractivity contribution in [2.45, 2.75) is 32.7 Å². The van der Waals surface area contributed by atoms with Gasteiger partial charge in [0.1, 0.15) is 0 Å². The average Bonchev–Trinajstić information content (AvgIpc) is 2.12. The number of hydrogen-bond acceptors (Lipinski definition) is 2. The number of nitrogens with zero attached hydrogens (tertiary/aromatic N) is 1. The summed E-state index contributed by atoms with van der Waals surface area (Å²) in [5.41, 5.74) is 2.78. The van der Waals surface area contributed by atoms with Crippen molar-refractivity contribution < 1.29 is 9.36 Å². The molecule has 4 heteroatoms. The van der Waals surface area contributed by atoms with Gasteiger partial charge in [-0.15, -0.1) is 0 Å². The third kappa shape index (κ3) is 3.53. The van der Waals surface area contributed by atoms with E-state index in [-0.39, 0.29) is 19.4 Å². The molecule has 0 unspecified atom stereocenters. The van der Waals surface area contributed by atoms with E-state index in [9.17, 15) is 9.36 Å². The molecule has 0 N–H and O–H groups in total. The molecule has 0 fully saturated rings. The van der Waals surface area contributed by atoms with E-state index >= 15 is 0 Å². The van der Waals surface area contributed by atoms with Crippen LogP contribution in [0.1, 0.15) is 27.2 Å². The number of rotatable bonds is 3. The zero-order valence-electron chi connectivity index (χ0n) is 9.13. The Balaban J connectivity index is 4.70. The summed E-state index contributed by atoms with van der Waals surface area (Å²) in [7, 11) is 1.59. The van der Waals surface area contributed by atoms with E-state index in [2.05, 4.69) is 12.2 Å². The molecule has 3 nitrogen and oxygen atoms in total. The second-order valence-corrected chi connectivity index (χ2v) is 4.38. The fourth-order valence-electron chi connectivity index (χ4n) is 0.906. The van der Waals surface area contributed by atoms with Crippen molar-refractivity contribution >= 4 is 13.8 Å². The first-order valence-corrected chi connectivity index (χ1v) is 5.13. The van der Waals surface area contributed by atoms with Crippen LogP contribution in [0.15, 0.2) is 12.2 Å². The quantitative estimate of drug-likeness (QED) is 0.533. The van der Waals surface area contributed by atoms with E-state index in [1.807, 2.05) is 13.8 Å². The topological polar surface area (TPSA) is 37.4 Å². The molecule has 0 aliphatic heterocycles. The molecule has 78 valence electrons. The van der Waals surface area contributed by atoms with Crippen LogP contribution in [0.5, 0.6) is 0 Å².